The predicted octanol–water partition coefficient (Wildman–Crippen LogP) is 5.79. The van der Waals surface area contributed by atoms with Crippen molar-refractivity contribution in [2.45, 2.75) is 64.2 Å². The number of aryl methyl sites for hydroxylation is 1. The largest absolute Gasteiger partial charge is 0.352 e. The van der Waals surface area contributed by atoms with Gasteiger partial charge in [-0.25, -0.2) is 0 Å². The summed E-state index contributed by atoms with van der Waals surface area (Å²) in [6.07, 6.45) is 7.12. The Morgan fingerprint density at radius 3 is 2.48 bits per heavy atom. The third-order valence-corrected chi connectivity index (χ3v) is 7.28. The van der Waals surface area contributed by atoms with Crippen LogP contribution in [0.2, 0.25) is 0 Å². The highest BCUT2D eigenvalue weighted by molar-refractivity contribution is 7.80. The van der Waals surface area contributed by atoms with E-state index in [9.17, 15) is 0 Å². The number of nitrogens with one attached hydrogen (secondary N) is 1. The van der Waals surface area contributed by atoms with Crippen molar-refractivity contribution in [3.05, 3.63) is 89.0 Å². The lowest BCUT2D eigenvalue weighted by molar-refractivity contribution is 0.309. The average molecular weight is 431 g/mol. The molecule has 3 aromatic rings. The third-order valence-electron chi connectivity index (χ3n) is 6.93. The molecule has 2 aliphatic rings. The van der Waals surface area contributed by atoms with E-state index in [0.717, 1.165) is 17.4 Å². The molecule has 0 bridgehead atoms. The number of nitrogens with zero attached hydrogens (tertiary/aromatic N) is 3. The fraction of sp³-hybridized carbons (Fsp3) is 0.385. The van der Waals surface area contributed by atoms with E-state index >= 15 is 0 Å². The van der Waals surface area contributed by atoms with Crippen molar-refractivity contribution in [2.24, 2.45) is 0 Å². The molecule has 3 heterocycles. The summed E-state index contributed by atoms with van der Waals surface area (Å²) in [4.78, 5) is 7.05. The number of thiocarbonyl (C=S) groups is 1. The van der Waals surface area contributed by atoms with Crippen molar-refractivity contribution in [1.29, 1.82) is 0 Å². The maximum atomic E-state index is 5.86. The Labute approximate surface area is 190 Å². The smallest absolute Gasteiger partial charge is 0.170 e. The Morgan fingerprint density at radius 2 is 1.77 bits per heavy atom. The molecule has 31 heavy (non-hydrogen) atoms. The number of hydrogen-bond acceptors (Lipinski definition) is 2. The van der Waals surface area contributed by atoms with Crippen molar-refractivity contribution in [2.75, 3.05) is 0 Å². The van der Waals surface area contributed by atoms with Crippen LogP contribution in [-0.4, -0.2) is 19.6 Å². The van der Waals surface area contributed by atoms with Gasteiger partial charge < -0.3 is 14.8 Å². The van der Waals surface area contributed by atoms with Crippen molar-refractivity contribution in [3.63, 3.8) is 0 Å². The highest BCUT2D eigenvalue weighted by atomic mass is 32.1. The molecule has 2 atom stereocenters. The van der Waals surface area contributed by atoms with Crippen LogP contribution < -0.4 is 5.32 Å². The Bertz CT molecular complexity index is 1050. The minimum absolute atomic E-state index is 0.0370. The van der Waals surface area contributed by atoms with E-state index < -0.39 is 0 Å². The van der Waals surface area contributed by atoms with Crippen LogP contribution >= 0.6 is 12.2 Å². The van der Waals surface area contributed by atoms with Gasteiger partial charge in [0, 0.05) is 30.2 Å². The molecule has 1 aromatic carbocycles. The van der Waals surface area contributed by atoms with Crippen LogP contribution in [0.4, 0.5) is 0 Å². The van der Waals surface area contributed by atoms with Crippen molar-refractivity contribution >= 4 is 17.3 Å². The second-order valence-corrected chi connectivity index (χ2v) is 9.26. The van der Waals surface area contributed by atoms with E-state index in [-0.39, 0.29) is 12.1 Å². The van der Waals surface area contributed by atoms with Gasteiger partial charge in [0.1, 0.15) is 0 Å². The molecule has 1 aliphatic carbocycles. The standard InChI is InChI=1S/C26H30N4S/c1-18-16-22(19(2)30(18)21-12-6-7-13-21)25-24(23-14-8-9-15-27-23)28-26(31)29(25)17-20-10-4-3-5-11-20/h3-5,8-11,14-16,21,24-25H,6-7,12-13,17H2,1-2H3,(H,28,31). The molecule has 2 unspecified atom stereocenters. The van der Waals surface area contributed by atoms with Crippen LogP contribution in [0.15, 0.2) is 60.8 Å². The SMILES string of the molecule is Cc1cc(C2C(c3ccccn3)NC(=S)N2Cc2ccccc2)c(C)n1C1CCCC1. The number of aromatic nitrogens is 2. The van der Waals surface area contributed by atoms with E-state index in [0.29, 0.717) is 6.04 Å². The second-order valence-electron chi connectivity index (χ2n) is 8.87. The van der Waals surface area contributed by atoms with Crippen molar-refractivity contribution in [1.82, 2.24) is 19.8 Å². The monoisotopic (exact) mass is 430 g/mol. The van der Waals surface area contributed by atoms with Gasteiger partial charge in [-0.1, -0.05) is 49.2 Å². The highest BCUT2D eigenvalue weighted by Crippen LogP contribution is 2.43. The fourth-order valence-electron chi connectivity index (χ4n) is 5.52. The van der Waals surface area contributed by atoms with Gasteiger partial charge in [0.2, 0.25) is 0 Å². The van der Waals surface area contributed by atoms with E-state index in [1.807, 2.05) is 12.3 Å². The molecule has 160 valence electrons. The molecule has 1 N–H and O–H groups in total. The van der Waals surface area contributed by atoms with Crippen LogP contribution in [0.3, 0.4) is 0 Å². The topological polar surface area (TPSA) is 33.1 Å². The first-order valence-electron chi connectivity index (χ1n) is 11.3. The average Bonchev–Trinajstić information content (AvgIpc) is 3.49. The van der Waals surface area contributed by atoms with Crippen molar-refractivity contribution < 1.29 is 0 Å². The number of rotatable bonds is 5. The molecule has 0 radical (unpaired) electrons. The van der Waals surface area contributed by atoms with Crippen LogP contribution in [0.5, 0.6) is 0 Å². The van der Waals surface area contributed by atoms with E-state index in [1.165, 1.54) is 48.2 Å². The first-order valence-corrected chi connectivity index (χ1v) is 11.7. The zero-order valence-corrected chi connectivity index (χ0v) is 19.1. The van der Waals surface area contributed by atoms with Gasteiger partial charge in [-0.15, -0.1) is 0 Å². The molecule has 5 rings (SSSR count). The van der Waals surface area contributed by atoms with Gasteiger partial charge in [-0.2, -0.15) is 0 Å². The lowest BCUT2D eigenvalue weighted by Gasteiger charge is -2.28. The lowest BCUT2D eigenvalue weighted by Crippen LogP contribution is -2.29. The van der Waals surface area contributed by atoms with Crippen LogP contribution in [-0.2, 0) is 6.54 Å². The molecule has 4 nitrogen and oxygen atoms in total. The van der Waals surface area contributed by atoms with Crippen LogP contribution in [0.25, 0.3) is 0 Å². The summed E-state index contributed by atoms with van der Waals surface area (Å²) in [6.45, 7) is 5.33. The first-order chi connectivity index (χ1) is 15.1. The highest BCUT2D eigenvalue weighted by Gasteiger charge is 2.41. The van der Waals surface area contributed by atoms with Gasteiger partial charge in [-0.3, -0.25) is 4.98 Å². The van der Waals surface area contributed by atoms with Crippen molar-refractivity contribution in [3.8, 4) is 0 Å². The number of benzene rings is 1. The minimum Gasteiger partial charge on any atom is -0.352 e. The molecule has 1 saturated carbocycles. The summed E-state index contributed by atoms with van der Waals surface area (Å²) in [5, 5.41) is 4.40. The Kier molecular flexibility index (Phi) is 5.53. The molecule has 1 saturated heterocycles. The summed E-state index contributed by atoms with van der Waals surface area (Å²) in [7, 11) is 0. The zero-order valence-electron chi connectivity index (χ0n) is 18.3. The fourth-order valence-corrected chi connectivity index (χ4v) is 5.83. The molecule has 0 spiro atoms. The Hall–Kier alpha value is -2.66. The second kappa shape index (κ2) is 8.46. The summed E-state index contributed by atoms with van der Waals surface area (Å²) in [5.74, 6) is 0. The molecule has 1 aliphatic heterocycles. The van der Waals surface area contributed by atoms with Gasteiger partial charge in [0.25, 0.3) is 0 Å². The maximum Gasteiger partial charge on any atom is 0.170 e. The molecule has 2 fully saturated rings. The van der Waals surface area contributed by atoms with E-state index in [2.05, 4.69) is 77.2 Å². The molecular formula is C26H30N4S. The molecule has 2 aromatic heterocycles. The van der Waals surface area contributed by atoms with Crippen LogP contribution in [0.1, 0.15) is 72.0 Å². The minimum atomic E-state index is 0.0370. The van der Waals surface area contributed by atoms with Gasteiger partial charge in [0.05, 0.1) is 17.8 Å². The van der Waals surface area contributed by atoms with Crippen LogP contribution in [0, 0.1) is 13.8 Å². The Morgan fingerprint density at radius 1 is 1.03 bits per heavy atom. The Balaban J connectivity index is 1.58. The third kappa shape index (κ3) is 3.76. The summed E-state index contributed by atoms with van der Waals surface area (Å²) >= 11 is 5.86. The summed E-state index contributed by atoms with van der Waals surface area (Å²) in [6, 6.07) is 19.9. The molecule has 5 heteroatoms. The number of hydrogen-bond donors (Lipinski definition) is 1. The molecular weight excluding hydrogens is 400 g/mol. The van der Waals surface area contributed by atoms with Gasteiger partial charge >= 0.3 is 0 Å². The number of pyridine rings is 1. The van der Waals surface area contributed by atoms with E-state index in [4.69, 9.17) is 17.2 Å². The lowest BCUT2D eigenvalue weighted by atomic mass is 9.96. The zero-order chi connectivity index (χ0) is 21.4. The summed E-state index contributed by atoms with van der Waals surface area (Å²) in [5.41, 5.74) is 6.40. The van der Waals surface area contributed by atoms with Gasteiger partial charge in [-0.05, 0) is 68.2 Å². The normalized spacial score (nSPS) is 21.6. The van der Waals surface area contributed by atoms with Gasteiger partial charge in [0.15, 0.2) is 5.11 Å². The quantitative estimate of drug-likeness (QED) is 0.520. The first kappa shape index (κ1) is 20.3. The maximum absolute atomic E-state index is 5.86. The predicted molar refractivity (Wildman–Crippen MR) is 129 cm³/mol. The molecule has 0 amide bonds. The van der Waals surface area contributed by atoms with E-state index in [1.54, 1.807) is 0 Å². The summed E-state index contributed by atoms with van der Waals surface area (Å²) < 4.78 is 2.58.